The third-order valence-corrected chi connectivity index (χ3v) is 2.29. The molecule has 0 aromatic heterocycles. The maximum atomic E-state index is 12.9. The molecule has 1 aromatic rings. The van der Waals surface area contributed by atoms with E-state index in [0.29, 0.717) is 10.0 Å². The highest BCUT2D eigenvalue weighted by atomic mass is 79.9. The molecule has 14 heavy (non-hydrogen) atoms. The molecule has 0 radical (unpaired) electrons. The van der Waals surface area contributed by atoms with E-state index in [2.05, 4.69) is 20.7 Å². The zero-order valence-electron chi connectivity index (χ0n) is 6.95. The van der Waals surface area contributed by atoms with Gasteiger partial charge in [-0.15, -0.1) is 13.2 Å². The summed E-state index contributed by atoms with van der Waals surface area (Å²) in [6.07, 6.45) is -4.87. The van der Waals surface area contributed by atoms with Crippen molar-refractivity contribution >= 4 is 15.9 Å². The molecule has 0 saturated heterocycles. The lowest BCUT2D eigenvalue weighted by Gasteiger charge is -2.10. The van der Waals surface area contributed by atoms with Crippen LogP contribution in [0.2, 0.25) is 0 Å². The second kappa shape index (κ2) is 3.76. The first kappa shape index (κ1) is 11.3. The largest absolute Gasteiger partial charge is 0.573 e. The molecule has 1 aromatic carbocycles. The Morgan fingerprint density at radius 3 is 2.36 bits per heavy atom. The molecule has 0 aliphatic heterocycles. The van der Waals surface area contributed by atoms with Crippen LogP contribution in [0, 0.1) is 12.7 Å². The topological polar surface area (TPSA) is 9.23 Å². The lowest BCUT2D eigenvalue weighted by Crippen LogP contribution is -2.18. The van der Waals surface area contributed by atoms with Crippen LogP contribution in [-0.2, 0) is 0 Å². The second-order valence-corrected chi connectivity index (χ2v) is 3.43. The zero-order valence-corrected chi connectivity index (χ0v) is 8.54. The second-order valence-electron chi connectivity index (χ2n) is 2.58. The first-order valence-electron chi connectivity index (χ1n) is 3.51. The SMILES string of the molecule is Cc1cc(OC(F)(F)F)c(F)cc1Br. The van der Waals surface area contributed by atoms with E-state index in [9.17, 15) is 17.6 Å². The highest BCUT2D eigenvalue weighted by Gasteiger charge is 2.32. The maximum absolute atomic E-state index is 12.9. The monoisotopic (exact) mass is 272 g/mol. The van der Waals surface area contributed by atoms with Crippen molar-refractivity contribution < 1.29 is 22.3 Å². The molecule has 0 heterocycles. The summed E-state index contributed by atoms with van der Waals surface area (Å²) in [6, 6.07) is 1.91. The number of ether oxygens (including phenoxy) is 1. The fourth-order valence-corrected chi connectivity index (χ4v) is 1.15. The molecule has 0 fully saturated rings. The summed E-state index contributed by atoms with van der Waals surface area (Å²) in [5, 5.41) is 0. The van der Waals surface area contributed by atoms with Gasteiger partial charge in [0.05, 0.1) is 0 Å². The van der Waals surface area contributed by atoms with Gasteiger partial charge in [-0.3, -0.25) is 0 Å². The van der Waals surface area contributed by atoms with E-state index in [1.807, 2.05) is 0 Å². The minimum Gasteiger partial charge on any atom is -0.403 e. The van der Waals surface area contributed by atoms with Gasteiger partial charge in [-0.05, 0) is 24.6 Å². The van der Waals surface area contributed by atoms with Gasteiger partial charge < -0.3 is 4.74 Å². The van der Waals surface area contributed by atoms with Gasteiger partial charge in [-0.1, -0.05) is 15.9 Å². The smallest absolute Gasteiger partial charge is 0.403 e. The van der Waals surface area contributed by atoms with Crippen LogP contribution in [0.4, 0.5) is 17.6 Å². The van der Waals surface area contributed by atoms with E-state index in [-0.39, 0.29) is 0 Å². The molecule has 1 rings (SSSR count). The fraction of sp³-hybridized carbons (Fsp3) is 0.250. The van der Waals surface area contributed by atoms with Gasteiger partial charge in [-0.2, -0.15) is 0 Å². The van der Waals surface area contributed by atoms with Crippen molar-refractivity contribution in [2.75, 3.05) is 0 Å². The highest BCUT2D eigenvalue weighted by molar-refractivity contribution is 9.10. The van der Waals surface area contributed by atoms with Crippen molar-refractivity contribution in [2.24, 2.45) is 0 Å². The van der Waals surface area contributed by atoms with E-state index in [1.165, 1.54) is 6.92 Å². The number of alkyl halides is 3. The first-order valence-corrected chi connectivity index (χ1v) is 4.30. The predicted molar refractivity (Wildman–Crippen MR) is 45.5 cm³/mol. The van der Waals surface area contributed by atoms with Crippen molar-refractivity contribution in [3.8, 4) is 5.75 Å². The Balaban J connectivity index is 3.04. The Labute approximate surface area is 85.8 Å². The normalized spacial score (nSPS) is 11.6. The summed E-state index contributed by atoms with van der Waals surface area (Å²) in [7, 11) is 0. The zero-order chi connectivity index (χ0) is 10.9. The Morgan fingerprint density at radius 1 is 1.29 bits per heavy atom. The van der Waals surface area contributed by atoms with Crippen molar-refractivity contribution in [1.82, 2.24) is 0 Å². The van der Waals surface area contributed by atoms with Crippen LogP contribution >= 0.6 is 15.9 Å². The van der Waals surface area contributed by atoms with Gasteiger partial charge in [0.2, 0.25) is 0 Å². The molecular weight excluding hydrogens is 268 g/mol. The summed E-state index contributed by atoms with van der Waals surface area (Å²) < 4.78 is 52.0. The van der Waals surface area contributed by atoms with Gasteiger partial charge >= 0.3 is 6.36 Å². The molecule has 0 N–H and O–H groups in total. The van der Waals surface area contributed by atoms with Crippen LogP contribution in [0.1, 0.15) is 5.56 Å². The van der Waals surface area contributed by atoms with Crippen molar-refractivity contribution in [1.29, 1.82) is 0 Å². The Hall–Kier alpha value is -0.780. The van der Waals surface area contributed by atoms with Gasteiger partial charge in [0, 0.05) is 4.47 Å². The van der Waals surface area contributed by atoms with Crippen LogP contribution in [-0.4, -0.2) is 6.36 Å². The summed E-state index contributed by atoms with van der Waals surface area (Å²) in [4.78, 5) is 0. The third kappa shape index (κ3) is 2.87. The number of hydrogen-bond acceptors (Lipinski definition) is 1. The van der Waals surface area contributed by atoms with Crippen LogP contribution in [0.5, 0.6) is 5.75 Å². The van der Waals surface area contributed by atoms with E-state index < -0.39 is 17.9 Å². The number of hydrogen-bond donors (Lipinski definition) is 0. The molecule has 6 heteroatoms. The molecule has 0 unspecified atom stereocenters. The molecule has 0 aliphatic rings. The van der Waals surface area contributed by atoms with Gasteiger partial charge in [0.15, 0.2) is 11.6 Å². The molecule has 0 atom stereocenters. The highest BCUT2D eigenvalue weighted by Crippen LogP contribution is 2.29. The lowest BCUT2D eigenvalue weighted by molar-refractivity contribution is -0.275. The molecule has 0 aliphatic carbocycles. The number of halogens is 5. The van der Waals surface area contributed by atoms with E-state index in [4.69, 9.17) is 0 Å². The van der Waals surface area contributed by atoms with Crippen LogP contribution < -0.4 is 4.74 Å². The first-order chi connectivity index (χ1) is 6.29. The molecule has 0 amide bonds. The Bertz CT molecular complexity index is 348. The molecule has 1 nitrogen and oxygen atoms in total. The fourth-order valence-electron chi connectivity index (χ4n) is 0.834. The molecule has 0 bridgehead atoms. The average Bonchev–Trinajstić information content (AvgIpc) is 1.97. The van der Waals surface area contributed by atoms with Gasteiger partial charge in [0.1, 0.15) is 0 Å². The van der Waals surface area contributed by atoms with Crippen LogP contribution in [0.3, 0.4) is 0 Å². The minimum atomic E-state index is -4.87. The van der Waals surface area contributed by atoms with E-state index in [0.717, 1.165) is 12.1 Å². The predicted octanol–water partition coefficient (Wildman–Crippen LogP) is 3.80. The van der Waals surface area contributed by atoms with Crippen LogP contribution in [0.15, 0.2) is 16.6 Å². The average molecular weight is 273 g/mol. The third-order valence-electron chi connectivity index (χ3n) is 1.44. The molecule has 0 spiro atoms. The van der Waals surface area contributed by atoms with Crippen molar-refractivity contribution in [3.05, 3.63) is 28.0 Å². The summed E-state index contributed by atoms with van der Waals surface area (Å²) >= 11 is 2.98. The summed E-state index contributed by atoms with van der Waals surface area (Å²) in [6.45, 7) is 1.53. The minimum absolute atomic E-state index is 0.393. The van der Waals surface area contributed by atoms with Crippen molar-refractivity contribution in [3.63, 3.8) is 0 Å². The Kier molecular flexibility index (Phi) is 3.04. The van der Waals surface area contributed by atoms with Gasteiger partial charge in [-0.25, -0.2) is 4.39 Å². The number of rotatable bonds is 1. The number of benzene rings is 1. The summed E-state index contributed by atoms with van der Waals surface area (Å²) in [5.74, 6) is -1.88. The quantitative estimate of drug-likeness (QED) is 0.707. The van der Waals surface area contributed by atoms with E-state index in [1.54, 1.807) is 0 Å². The molecule has 78 valence electrons. The van der Waals surface area contributed by atoms with E-state index >= 15 is 0 Å². The Morgan fingerprint density at radius 2 is 1.86 bits per heavy atom. The van der Waals surface area contributed by atoms with Gasteiger partial charge in [0.25, 0.3) is 0 Å². The maximum Gasteiger partial charge on any atom is 0.573 e. The van der Waals surface area contributed by atoms with Crippen molar-refractivity contribution in [2.45, 2.75) is 13.3 Å². The van der Waals surface area contributed by atoms with Crippen LogP contribution in [0.25, 0.3) is 0 Å². The molecular formula is C8H5BrF4O. The lowest BCUT2D eigenvalue weighted by atomic mass is 10.2. The standard InChI is InChI=1S/C8H5BrF4O/c1-4-2-7(14-8(11,12)13)6(10)3-5(4)9/h2-3H,1H3. The molecule has 0 saturated carbocycles. The number of aryl methyl sites for hydroxylation is 1. The summed E-state index contributed by atoms with van der Waals surface area (Å²) in [5.41, 5.74) is 0.464.